The van der Waals surface area contributed by atoms with Crippen LogP contribution in [0.5, 0.6) is 0 Å². The second-order valence-electron chi connectivity index (χ2n) is 12.8. The van der Waals surface area contributed by atoms with E-state index in [0.717, 1.165) is 17.8 Å². The van der Waals surface area contributed by atoms with Gasteiger partial charge in [-0.3, -0.25) is 0 Å². The molecular formula is C34H80N4O. The van der Waals surface area contributed by atoms with E-state index in [1.807, 2.05) is 7.05 Å². The lowest BCUT2D eigenvalue weighted by Crippen LogP contribution is -2.34. The minimum absolute atomic E-state index is 0. The molecule has 3 aliphatic rings. The summed E-state index contributed by atoms with van der Waals surface area (Å²) in [4.78, 5) is 16.6. The van der Waals surface area contributed by atoms with Crippen LogP contribution in [0.1, 0.15) is 129 Å². The Balaban J connectivity index is -0.000000121. The van der Waals surface area contributed by atoms with Gasteiger partial charge in [-0.25, -0.2) is 0 Å². The molecule has 3 aliphatic heterocycles. The zero-order chi connectivity index (χ0) is 29.4. The van der Waals surface area contributed by atoms with Gasteiger partial charge in [0.15, 0.2) is 0 Å². The van der Waals surface area contributed by atoms with E-state index in [4.69, 9.17) is 0 Å². The summed E-state index contributed by atoms with van der Waals surface area (Å²) in [6, 6.07) is 0. The molecule has 0 aromatic heterocycles. The van der Waals surface area contributed by atoms with E-state index in [1.165, 1.54) is 98.1 Å². The van der Waals surface area contributed by atoms with E-state index in [-0.39, 0.29) is 20.6 Å². The van der Waals surface area contributed by atoms with Crippen molar-refractivity contribution in [2.75, 3.05) is 67.5 Å². The van der Waals surface area contributed by atoms with Gasteiger partial charge in [-0.05, 0) is 138 Å². The van der Waals surface area contributed by atoms with Gasteiger partial charge in [0.2, 0.25) is 0 Å². The maximum Gasteiger partial charge on any atom is 0.126 e. The minimum atomic E-state index is 0. The predicted octanol–water partition coefficient (Wildman–Crippen LogP) is 8.33. The number of hydrogen-bond acceptors (Lipinski definition) is 5. The second-order valence-corrected chi connectivity index (χ2v) is 12.8. The molecule has 39 heavy (non-hydrogen) atoms. The number of rotatable bonds is 2. The molecule has 0 saturated carbocycles. The fourth-order valence-corrected chi connectivity index (χ4v) is 3.89. The molecule has 2 unspecified atom stereocenters. The molecule has 0 spiro atoms. The van der Waals surface area contributed by atoms with Gasteiger partial charge in [0.1, 0.15) is 5.78 Å². The molecule has 2 atom stereocenters. The molecule has 0 bridgehead atoms. The molecule has 0 aromatic carbocycles. The number of carbonyl (C=O) groups excluding carboxylic acids is 1. The number of nitrogens with one attached hydrogen (secondary N) is 1. The topological polar surface area (TPSA) is 38.8 Å². The summed E-state index contributed by atoms with van der Waals surface area (Å²) in [5.74, 6) is 3.03. The number of piperidine rings is 2. The van der Waals surface area contributed by atoms with Crippen LogP contribution in [0.4, 0.5) is 0 Å². The number of nitrogens with zero attached hydrogens (tertiary/aromatic N) is 3. The summed E-state index contributed by atoms with van der Waals surface area (Å²) < 4.78 is 0. The van der Waals surface area contributed by atoms with Crippen molar-refractivity contribution in [3.05, 3.63) is 0 Å². The predicted molar refractivity (Wildman–Crippen MR) is 182 cm³/mol. The highest BCUT2D eigenvalue weighted by atomic mass is 16.1. The number of carbonyl (C=O) groups is 1. The molecular weight excluding hydrogens is 480 g/mol. The van der Waals surface area contributed by atoms with Crippen LogP contribution < -0.4 is 5.32 Å². The maximum absolute atomic E-state index is 9.44. The summed E-state index contributed by atoms with van der Waals surface area (Å²) in [5.41, 5.74) is 0.333. The van der Waals surface area contributed by atoms with Crippen LogP contribution in [-0.4, -0.2) is 93.5 Å². The maximum atomic E-state index is 9.44. The zero-order valence-electron chi connectivity index (χ0n) is 28.2. The Labute approximate surface area is 250 Å². The molecule has 3 rings (SSSR count). The van der Waals surface area contributed by atoms with E-state index < -0.39 is 0 Å². The van der Waals surface area contributed by atoms with Crippen molar-refractivity contribution >= 4 is 5.78 Å². The van der Waals surface area contributed by atoms with Crippen LogP contribution in [0.2, 0.25) is 0 Å². The smallest absolute Gasteiger partial charge is 0.126 e. The molecule has 5 nitrogen and oxygen atoms in total. The lowest BCUT2D eigenvalue weighted by atomic mass is 10.00. The Morgan fingerprint density at radius 1 is 0.718 bits per heavy atom. The lowest BCUT2D eigenvalue weighted by Gasteiger charge is -2.26. The van der Waals surface area contributed by atoms with Gasteiger partial charge in [-0.1, -0.05) is 62.8 Å². The third-order valence-corrected chi connectivity index (χ3v) is 7.05. The largest absolute Gasteiger partial charge is 0.315 e. The van der Waals surface area contributed by atoms with Crippen LogP contribution in [-0.2, 0) is 4.79 Å². The van der Waals surface area contributed by atoms with Crippen molar-refractivity contribution in [3.8, 4) is 0 Å². The third-order valence-electron chi connectivity index (χ3n) is 7.05. The van der Waals surface area contributed by atoms with Crippen LogP contribution in [0.3, 0.4) is 0 Å². The summed E-state index contributed by atoms with van der Waals surface area (Å²) in [5, 5.41) is 3.19. The monoisotopic (exact) mass is 561 g/mol. The summed E-state index contributed by atoms with van der Waals surface area (Å²) in [6.07, 6.45) is 9.47. The van der Waals surface area contributed by atoms with Crippen LogP contribution in [0.15, 0.2) is 0 Å². The van der Waals surface area contributed by atoms with Gasteiger partial charge in [-0.15, -0.1) is 0 Å². The van der Waals surface area contributed by atoms with Crippen LogP contribution >= 0.6 is 0 Å². The van der Waals surface area contributed by atoms with Gasteiger partial charge in [0, 0.05) is 18.6 Å². The number of likely N-dealkylation sites (tertiary alicyclic amines) is 3. The van der Waals surface area contributed by atoms with Gasteiger partial charge in [0.05, 0.1) is 0 Å². The van der Waals surface area contributed by atoms with Gasteiger partial charge in [-0.2, -0.15) is 0 Å². The summed E-state index contributed by atoms with van der Waals surface area (Å²) in [7, 11) is 8.58. The number of hydrogen-bond donors (Lipinski definition) is 1. The first kappa shape index (κ1) is 48.3. The second kappa shape index (κ2) is 30.5. The molecule has 0 radical (unpaired) electrons. The molecule has 3 heterocycles. The Hall–Kier alpha value is -0.490. The van der Waals surface area contributed by atoms with E-state index in [1.54, 1.807) is 0 Å². The highest BCUT2D eigenvalue weighted by Gasteiger charge is 2.13. The van der Waals surface area contributed by atoms with E-state index in [0.29, 0.717) is 5.54 Å². The summed E-state index contributed by atoms with van der Waals surface area (Å²) in [6.45, 7) is 28.7. The zero-order valence-corrected chi connectivity index (χ0v) is 28.2. The van der Waals surface area contributed by atoms with Crippen molar-refractivity contribution < 1.29 is 4.79 Å². The third kappa shape index (κ3) is 39.7. The van der Waals surface area contributed by atoms with Crippen molar-refractivity contribution in [2.24, 2.45) is 17.8 Å². The van der Waals surface area contributed by atoms with Crippen molar-refractivity contribution in [2.45, 2.75) is 135 Å². The van der Waals surface area contributed by atoms with Gasteiger partial charge >= 0.3 is 0 Å². The molecule has 242 valence electrons. The molecule has 5 heteroatoms. The Morgan fingerprint density at radius 3 is 1.23 bits per heavy atom. The standard InChI is InChI=1S/2C7H15N.C6H13N.C6H15N.C3H6O.C3H8.2CH4/c1-7-3-5-8(2)6-4-7;1-7-4-3-5-8(2)6-7;1-6-3-4-7(2)5-6;1-5-6(2,3)7-4;1-3(2)4;1-3-2;;/h2*7H,3-6H2,1-2H3;6H,3-5H2,1-2H3;7H,5H2,1-4H3;1-2H3;3H2,1-2H3;2*1H4. The fourth-order valence-electron chi connectivity index (χ4n) is 3.89. The SMILES string of the molecule is C.C.CC(C)=O.CC1CCCN(C)C1.CC1CCN(C)C1.CC1CCN(C)CC1.CCC.CCC(C)(C)NC. The molecule has 3 fully saturated rings. The quantitative estimate of drug-likeness (QED) is 0.367. The van der Waals surface area contributed by atoms with E-state index in [2.05, 4.69) is 96.5 Å². The first-order valence-electron chi connectivity index (χ1n) is 15.3. The van der Waals surface area contributed by atoms with Crippen LogP contribution in [0.25, 0.3) is 0 Å². The normalized spacial score (nSPS) is 21.6. The highest BCUT2D eigenvalue weighted by molar-refractivity contribution is 5.72. The molecule has 0 aliphatic carbocycles. The molecule has 3 saturated heterocycles. The molecule has 0 amide bonds. The summed E-state index contributed by atoms with van der Waals surface area (Å²) >= 11 is 0. The van der Waals surface area contributed by atoms with Gasteiger partial charge < -0.3 is 24.8 Å². The number of Topliss-reactive ketones (excluding diaryl/α,β-unsaturated/α-hetero) is 1. The van der Waals surface area contributed by atoms with Gasteiger partial charge in [0.25, 0.3) is 0 Å². The first-order chi connectivity index (χ1) is 17.1. The average Bonchev–Trinajstić information content (AvgIpc) is 3.19. The van der Waals surface area contributed by atoms with Crippen LogP contribution in [0, 0.1) is 17.8 Å². The molecule has 0 aromatic rings. The Bertz CT molecular complexity index is 454. The van der Waals surface area contributed by atoms with E-state index in [9.17, 15) is 4.79 Å². The molecule has 1 N–H and O–H groups in total. The van der Waals surface area contributed by atoms with Crippen molar-refractivity contribution in [3.63, 3.8) is 0 Å². The lowest BCUT2D eigenvalue weighted by molar-refractivity contribution is -0.115. The van der Waals surface area contributed by atoms with Crippen molar-refractivity contribution in [1.29, 1.82) is 0 Å². The first-order valence-corrected chi connectivity index (χ1v) is 15.3. The minimum Gasteiger partial charge on any atom is -0.315 e. The highest BCUT2D eigenvalue weighted by Crippen LogP contribution is 2.14. The Morgan fingerprint density at radius 2 is 1.05 bits per heavy atom. The fraction of sp³-hybridized carbons (Fsp3) is 0.971. The number of ketones is 1. The van der Waals surface area contributed by atoms with Crippen molar-refractivity contribution in [1.82, 2.24) is 20.0 Å². The van der Waals surface area contributed by atoms with E-state index >= 15 is 0 Å². The Kier molecular flexibility index (Phi) is 37.7. The average molecular weight is 561 g/mol.